The number of halogens is 1. The quantitative estimate of drug-likeness (QED) is 0.792. The van der Waals surface area contributed by atoms with Crippen LogP contribution in [0.4, 0.5) is 5.69 Å². The fourth-order valence-electron chi connectivity index (χ4n) is 1.93. The smallest absolute Gasteiger partial charge is 0.0375 e. The Morgan fingerprint density at radius 1 is 1.16 bits per heavy atom. The standard InChI is InChI=1S/C15H26BrN3/c1-5-17-12-13-7-8-14(11-15(13)16)19(4)10-6-9-18(2)3/h7-8,11,17H,5-6,9-10,12H2,1-4H3. The zero-order chi connectivity index (χ0) is 14.3. The molecule has 19 heavy (non-hydrogen) atoms. The molecule has 0 aromatic heterocycles. The molecule has 0 unspecified atom stereocenters. The highest BCUT2D eigenvalue weighted by molar-refractivity contribution is 9.10. The molecule has 0 aliphatic rings. The molecular weight excluding hydrogens is 302 g/mol. The van der Waals surface area contributed by atoms with Gasteiger partial charge in [-0.15, -0.1) is 0 Å². The van der Waals surface area contributed by atoms with E-state index >= 15 is 0 Å². The summed E-state index contributed by atoms with van der Waals surface area (Å²) in [6, 6.07) is 6.61. The van der Waals surface area contributed by atoms with Gasteiger partial charge in [-0.2, -0.15) is 0 Å². The van der Waals surface area contributed by atoms with Crippen LogP contribution in [0.2, 0.25) is 0 Å². The van der Waals surface area contributed by atoms with Crippen molar-refractivity contribution in [2.24, 2.45) is 0 Å². The van der Waals surface area contributed by atoms with Crippen LogP contribution in [0.1, 0.15) is 18.9 Å². The van der Waals surface area contributed by atoms with Crippen molar-refractivity contribution in [3.63, 3.8) is 0 Å². The van der Waals surface area contributed by atoms with Gasteiger partial charge < -0.3 is 15.1 Å². The molecular formula is C15H26BrN3. The summed E-state index contributed by atoms with van der Waals surface area (Å²) >= 11 is 3.66. The van der Waals surface area contributed by atoms with Crippen LogP contribution in [0, 0.1) is 0 Å². The third kappa shape index (κ3) is 5.93. The number of hydrogen-bond acceptors (Lipinski definition) is 3. The maximum atomic E-state index is 3.66. The molecule has 3 nitrogen and oxygen atoms in total. The Bertz CT molecular complexity index is 380. The second-order valence-electron chi connectivity index (χ2n) is 5.13. The summed E-state index contributed by atoms with van der Waals surface area (Å²) in [5.74, 6) is 0. The van der Waals surface area contributed by atoms with Gasteiger partial charge in [0.15, 0.2) is 0 Å². The van der Waals surface area contributed by atoms with Crippen molar-refractivity contribution < 1.29 is 0 Å². The molecule has 0 aliphatic heterocycles. The van der Waals surface area contributed by atoms with E-state index in [9.17, 15) is 0 Å². The number of rotatable bonds is 8. The highest BCUT2D eigenvalue weighted by atomic mass is 79.9. The third-order valence-corrected chi connectivity index (χ3v) is 3.88. The molecule has 0 amide bonds. The molecule has 1 rings (SSSR count). The van der Waals surface area contributed by atoms with Gasteiger partial charge in [0.05, 0.1) is 0 Å². The maximum Gasteiger partial charge on any atom is 0.0375 e. The molecule has 108 valence electrons. The van der Waals surface area contributed by atoms with E-state index in [-0.39, 0.29) is 0 Å². The highest BCUT2D eigenvalue weighted by Crippen LogP contribution is 2.23. The van der Waals surface area contributed by atoms with Gasteiger partial charge in [0.1, 0.15) is 0 Å². The second-order valence-corrected chi connectivity index (χ2v) is 5.99. The molecule has 1 aromatic carbocycles. The maximum absolute atomic E-state index is 3.66. The molecule has 0 heterocycles. The van der Waals surface area contributed by atoms with Crippen molar-refractivity contribution in [1.82, 2.24) is 10.2 Å². The van der Waals surface area contributed by atoms with Gasteiger partial charge >= 0.3 is 0 Å². The van der Waals surface area contributed by atoms with Gasteiger partial charge in [0.25, 0.3) is 0 Å². The lowest BCUT2D eigenvalue weighted by molar-refractivity contribution is 0.401. The highest BCUT2D eigenvalue weighted by Gasteiger charge is 2.05. The Morgan fingerprint density at radius 2 is 1.89 bits per heavy atom. The Morgan fingerprint density at radius 3 is 2.47 bits per heavy atom. The van der Waals surface area contributed by atoms with E-state index in [0.29, 0.717) is 0 Å². The van der Waals surface area contributed by atoms with Crippen LogP contribution in [0.15, 0.2) is 22.7 Å². The molecule has 0 spiro atoms. The number of nitrogens with zero attached hydrogens (tertiary/aromatic N) is 2. The summed E-state index contributed by atoms with van der Waals surface area (Å²) in [5, 5.41) is 3.35. The van der Waals surface area contributed by atoms with Gasteiger partial charge in [-0.05, 0) is 51.3 Å². The lowest BCUT2D eigenvalue weighted by Gasteiger charge is -2.21. The summed E-state index contributed by atoms with van der Waals surface area (Å²) < 4.78 is 1.19. The number of benzene rings is 1. The van der Waals surface area contributed by atoms with Crippen molar-refractivity contribution in [2.75, 3.05) is 45.7 Å². The average molecular weight is 328 g/mol. The molecule has 0 radical (unpaired) electrons. The van der Waals surface area contributed by atoms with E-state index in [0.717, 1.165) is 26.2 Å². The number of nitrogens with one attached hydrogen (secondary N) is 1. The minimum absolute atomic E-state index is 0.918. The second kappa shape index (κ2) is 8.56. The Hall–Kier alpha value is -0.580. The summed E-state index contributed by atoms with van der Waals surface area (Å²) in [7, 11) is 6.39. The first kappa shape index (κ1) is 16.5. The lowest BCUT2D eigenvalue weighted by atomic mass is 10.2. The van der Waals surface area contributed by atoms with Crippen molar-refractivity contribution in [2.45, 2.75) is 19.9 Å². The first-order valence-corrected chi connectivity index (χ1v) is 7.69. The van der Waals surface area contributed by atoms with E-state index in [1.807, 2.05) is 0 Å². The van der Waals surface area contributed by atoms with Crippen LogP contribution < -0.4 is 10.2 Å². The van der Waals surface area contributed by atoms with Crippen LogP contribution in [0.3, 0.4) is 0 Å². The van der Waals surface area contributed by atoms with E-state index in [1.54, 1.807) is 0 Å². The zero-order valence-electron chi connectivity index (χ0n) is 12.5. The molecule has 1 N–H and O–H groups in total. The Labute approximate surface area is 126 Å². The van der Waals surface area contributed by atoms with Crippen molar-refractivity contribution in [3.05, 3.63) is 28.2 Å². The van der Waals surface area contributed by atoms with Gasteiger partial charge in [-0.1, -0.05) is 28.9 Å². The molecule has 0 saturated carbocycles. The van der Waals surface area contributed by atoms with E-state index < -0.39 is 0 Å². The number of anilines is 1. The molecule has 0 bridgehead atoms. The van der Waals surface area contributed by atoms with E-state index in [4.69, 9.17) is 0 Å². The van der Waals surface area contributed by atoms with Crippen LogP contribution in [0.25, 0.3) is 0 Å². The van der Waals surface area contributed by atoms with E-state index in [2.05, 4.69) is 77.3 Å². The SMILES string of the molecule is CCNCc1ccc(N(C)CCCN(C)C)cc1Br. The predicted octanol–water partition coefficient (Wildman–Crippen LogP) is 2.95. The largest absolute Gasteiger partial charge is 0.375 e. The van der Waals surface area contributed by atoms with Crippen molar-refractivity contribution in [1.29, 1.82) is 0 Å². The summed E-state index contributed by atoms with van der Waals surface area (Å²) in [6.45, 7) is 6.25. The zero-order valence-corrected chi connectivity index (χ0v) is 14.1. The normalized spacial score (nSPS) is 11.1. The molecule has 0 fully saturated rings. The molecule has 0 atom stereocenters. The average Bonchev–Trinajstić information content (AvgIpc) is 2.36. The van der Waals surface area contributed by atoms with Crippen molar-refractivity contribution in [3.8, 4) is 0 Å². The summed E-state index contributed by atoms with van der Waals surface area (Å²) in [5.41, 5.74) is 2.58. The molecule has 4 heteroatoms. The van der Waals surface area contributed by atoms with Crippen LogP contribution >= 0.6 is 15.9 Å². The molecule has 1 aromatic rings. The summed E-state index contributed by atoms with van der Waals surface area (Å²) in [6.07, 6.45) is 1.18. The minimum Gasteiger partial charge on any atom is -0.375 e. The first-order valence-electron chi connectivity index (χ1n) is 6.89. The van der Waals surface area contributed by atoms with Crippen LogP contribution in [0.5, 0.6) is 0 Å². The predicted molar refractivity (Wildman–Crippen MR) is 88.0 cm³/mol. The third-order valence-electron chi connectivity index (χ3n) is 3.14. The minimum atomic E-state index is 0.918. The van der Waals surface area contributed by atoms with Crippen LogP contribution in [-0.2, 0) is 6.54 Å². The first-order chi connectivity index (χ1) is 9.04. The van der Waals surface area contributed by atoms with Crippen molar-refractivity contribution >= 4 is 21.6 Å². The van der Waals surface area contributed by atoms with E-state index in [1.165, 1.54) is 22.1 Å². The summed E-state index contributed by atoms with van der Waals surface area (Å²) in [4.78, 5) is 4.54. The van der Waals surface area contributed by atoms with Gasteiger partial charge in [-0.3, -0.25) is 0 Å². The topological polar surface area (TPSA) is 18.5 Å². The van der Waals surface area contributed by atoms with Crippen LogP contribution in [-0.4, -0.2) is 45.7 Å². The van der Waals surface area contributed by atoms with Gasteiger partial charge in [-0.25, -0.2) is 0 Å². The molecule has 0 saturated heterocycles. The monoisotopic (exact) mass is 327 g/mol. The fraction of sp³-hybridized carbons (Fsp3) is 0.600. The van der Waals surface area contributed by atoms with Gasteiger partial charge in [0.2, 0.25) is 0 Å². The lowest BCUT2D eigenvalue weighted by Crippen LogP contribution is -2.23. The fourth-order valence-corrected chi connectivity index (χ4v) is 2.44. The Kier molecular flexibility index (Phi) is 7.42. The molecule has 0 aliphatic carbocycles. The van der Waals surface area contributed by atoms with Gasteiger partial charge in [0, 0.05) is 30.3 Å². The Balaban J connectivity index is 2.56. The number of hydrogen-bond donors (Lipinski definition) is 1.